The Kier molecular flexibility index (Phi) is 6.19. The molecule has 2 aromatic rings. The largest absolute Gasteiger partial charge is 0.383 e. The van der Waals surface area contributed by atoms with Crippen molar-refractivity contribution >= 4 is 34.2 Å². The van der Waals surface area contributed by atoms with Gasteiger partial charge in [-0.15, -0.1) is 12.4 Å². The van der Waals surface area contributed by atoms with E-state index >= 15 is 0 Å². The molecule has 1 aromatic carbocycles. The zero-order valence-electron chi connectivity index (χ0n) is 11.9. The molecule has 1 aromatic heterocycles. The first-order valence-corrected chi connectivity index (χ1v) is 7.26. The maximum absolute atomic E-state index is 9.31. The zero-order chi connectivity index (χ0) is 14.7. The Hall–Kier alpha value is -1.57. The first kappa shape index (κ1) is 17.5. The Balaban J connectivity index is 0.00000220. The molecule has 2 rings (SSSR count). The minimum absolute atomic E-state index is 0. The topological polar surface area (TPSA) is 62.7 Å². The highest BCUT2D eigenvalue weighted by Crippen LogP contribution is 2.29. The van der Waals surface area contributed by atoms with Crippen molar-refractivity contribution in [2.45, 2.75) is 20.3 Å². The molecule has 0 aliphatic carbocycles. The molecular formula is C16H17BrClN3. The third-order valence-electron chi connectivity index (χ3n) is 2.98. The van der Waals surface area contributed by atoms with Gasteiger partial charge in [-0.05, 0) is 36.1 Å². The quantitative estimate of drug-likeness (QED) is 0.864. The number of halogens is 2. The third kappa shape index (κ3) is 4.20. The average Bonchev–Trinajstić information content (AvgIpc) is 2.38. The molecule has 5 heteroatoms. The van der Waals surface area contributed by atoms with Crippen LogP contribution in [0.1, 0.15) is 25.1 Å². The number of aromatic nitrogens is 1. The number of nitriles is 1. The van der Waals surface area contributed by atoms with E-state index in [0.717, 1.165) is 27.7 Å². The second-order valence-electron chi connectivity index (χ2n) is 5.14. The van der Waals surface area contributed by atoms with Gasteiger partial charge in [0.2, 0.25) is 0 Å². The summed E-state index contributed by atoms with van der Waals surface area (Å²) in [5, 5.41) is 9.31. The van der Waals surface area contributed by atoms with Crippen molar-refractivity contribution in [3.05, 3.63) is 46.1 Å². The minimum atomic E-state index is 0. The molecule has 3 nitrogen and oxygen atoms in total. The van der Waals surface area contributed by atoms with Crippen molar-refractivity contribution in [1.82, 2.24) is 4.98 Å². The number of nitrogens with zero attached hydrogens (tertiary/aromatic N) is 2. The maximum atomic E-state index is 9.31. The van der Waals surface area contributed by atoms with Crippen LogP contribution in [0.4, 0.5) is 5.82 Å². The van der Waals surface area contributed by atoms with E-state index in [1.807, 2.05) is 30.3 Å². The Morgan fingerprint density at radius 2 is 1.90 bits per heavy atom. The van der Waals surface area contributed by atoms with Crippen LogP contribution in [0.15, 0.2) is 34.8 Å². The molecule has 1 heterocycles. The minimum Gasteiger partial charge on any atom is -0.383 e. The van der Waals surface area contributed by atoms with E-state index < -0.39 is 0 Å². The van der Waals surface area contributed by atoms with Gasteiger partial charge < -0.3 is 5.73 Å². The summed E-state index contributed by atoms with van der Waals surface area (Å²) in [5.41, 5.74) is 9.13. The van der Waals surface area contributed by atoms with Gasteiger partial charge in [-0.1, -0.05) is 41.9 Å². The number of anilines is 1. The van der Waals surface area contributed by atoms with Crippen molar-refractivity contribution in [2.75, 3.05) is 5.73 Å². The standard InChI is InChI=1S/C16H16BrN3.ClH/c1-10(2)7-13-8-14(15(9-18)16(19)20-13)11-3-5-12(17)6-4-11;/h3-6,8,10H,7H2,1-2H3,(H2,19,20);1H. The third-order valence-corrected chi connectivity index (χ3v) is 3.51. The predicted molar refractivity (Wildman–Crippen MR) is 92.3 cm³/mol. The van der Waals surface area contributed by atoms with Crippen LogP contribution in [0, 0.1) is 17.2 Å². The smallest absolute Gasteiger partial charge is 0.142 e. The zero-order valence-corrected chi connectivity index (χ0v) is 14.3. The van der Waals surface area contributed by atoms with Crippen LogP contribution >= 0.6 is 28.3 Å². The van der Waals surface area contributed by atoms with Crippen LogP contribution in [-0.4, -0.2) is 4.98 Å². The van der Waals surface area contributed by atoms with Crippen molar-refractivity contribution in [3.63, 3.8) is 0 Å². The molecule has 21 heavy (non-hydrogen) atoms. The molecule has 0 unspecified atom stereocenters. The fourth-order valence-corrected chi connectivity index (χ4v) is 2.38. The lowest BCUT2D eigenvalue weighted by Crippen LogP contribution is -2.04. The summed E-state index contributed by atoms with van der Waals surface area (Å²) in [7, 11) is 0. The SMILES string of the molecule is CC(C)Cc1cc(-c2ccc(Br)cc2)c(C#N)c(N)n1.Cl. The van der Waals surface area contributed by atoms with Crippen LogP contribution in [0.25, 0.3) is 11.1 Å². The van der Waals surface area contributed by atoms with Crippen molar-refractivity contribution in [2.24, 2.45) is 5.92 Å². The number of nitrogen functional groups attached to an aromatic ring is 1. The lowest BCUT2D eigenvalue weighted by molar-refractivity contribution is 0.636. The van der Waals surface area contributed by atoms with E-state index in [0.29, 0.717) is 17.3 Å². The molecule has 110 valence electrons. The monoisotopic (exact) mass is 365 g/mol. The Morgan fingerprint density at radius 3 is 2.43 bits per heavy atom. The first-order valence-electron chi connectivity index (χ1n) is 6.46. The highest BCUT2D eigenvalue weighted by Gasteiger charge is 2.13. The molecule has 0 aliphatic heterocycles. The second-order valence-corrected chi connectivity index (χ2v) is 6.05. The fraction of sp³-hybridized carbons (Fsp3) is 0.250. The first-order chi connectivity index (χ1) is 9.51. The van der Waals surface area contributed by atoms with Crippen LogP contribution in [0.3, 0.4) is 0 Å². The van der Waals surface area contributed by atoms with E-state index in [1.54, 1.807) is 0 Å². The summed E-state index contributed by atoms with van der Waals surface area (Å²) in [5.74, 6) is 0.802. The van der Waals surface area contributed by atoms with E-state index in [1.165, 1.54) is 0 Å². The molecule has 0 aliphatic rings. The number of hydrogen-bond donors (Lipinski definition) is 1. The van der Waals surface area contributed by atoms with E-state index in [4.69, 9.17) is 5.73 Å². The van der Waals surface area contributed by atoms with Crippen molar-refractivity contribution in [1.29, 1.82) is 5.26 Å². The second kappa shape index (κ2) is 7.44. The molecule has 0 spiro atoms. The van der Waals surface area contributed by atoms with Gasteiger partial charge in [0.05, 0.1) is 0 Å². The molecule has 0 amide bonds. The van der Waals surface area contributed by atoms with Crippen molar-refractivity contribution < 1.29 is 0 Å². The molecule has 0 saturated heterocycles. The number of nitrogens with two attached hydrogens (primary N) is 1. The Bertz CT molecular complexity index is 660. The Labute approximate surface area is 139 Å². The molecule has 0 atom stereocenters. The highest BCUT2D eigenvalue weighted by atomic mass is 79.9. The average molecular weight is 367 g/mol. The summed E-state index contributed by atoms with van der Waals surface area (Å²) < 4.78 is 1.00. The summed E-state index contributed by atoms with van der Waals surface area (Å²) in [6.45, 7) is 4.27. The van der Waals surface area contributed by atoms with Gasteiger partial charge >= 0.3 is 0 Å². The van der Waals surface area contributed by atoms with E-state index in [9.17, 15) is 5.26 Å². The van der Waals surface area contributed by atoms with Gasteiger partial charge in [0, 0.05) is 15.7 Å². The van der Waals surface area contributed by atoms with Gasteiger partial charge in [-0.3, -0.25) is 0 Å². The Morgan fingerprint density at radius 1 is 1.29 bits per heavy atom. The van der Waals surface area contributed by atoms with Gasteiger partial charge in [0.1, 0.15) is 17.5 Å². The van der Waals surface area contributed by atoms with Crippen LogP contribution in [-0.2, 0) is 6.42 Å². The molecule has 0 radical (unpaired) electrons. The normalized spacial score (nSPS) is 10.0. The lowest BCUT2D eigenvalue weighted by atomic mass is 9.98. The van der Waals surface area contributed by atoms with Crippen LogP contribution < -0.4 is 5.73 Å². The summed E-state index contributed by atoms with van der Waals surface area (Å²) in [4.78, 5) is 4.33. The van der Waals surface area contributed by atoms with Gasteiger partial charge in [-0.25, -0.2) is 4.98 Å². The molecule has 0 fully saturated rings. The van der Waals surface area contributed by atoms with Crippen LogP contribution in [0.2, 0.25) is 0 Å². The van der Waals surface area contributed by atoms with Crippen LogP contribution in [0.5, 0.6) is 0 Å². The molecule has 0 saturated carbocycles. The number of rotatable bonds is 3. The number of hydrogen-bond acceptors (Lipinski definition) is 3. The molecule has 2 N–H and O–H groups in total. The lowest BCUT2D eigenvalue weighted by Gasteiger charge is -2.11. The van der Waals surface area contributed by atoms with Crippen molar-refractivity contribution in [3.8, 4) is 17.2 Å². The van der Waals surface area contributed by atoms with Gasteiger partial charge in [0.15, 0.2) is 0 Å². The summed E-state index contributed by atoms with van der Waals surface area (Å²) in [6.07, 6.45) is 0.847. The molecule has 0 bridgehead atoms. The number of benzene rings is 1. The molecular weight excluding hydrogens is 350 g/mol. The van der Waals surface area contributed by atoms with E-state index in [2.05, 4.69) is 40.8 Å². The maximum Gasteiger partial charge on any atom is 0.142 e. The summed E-state index contributed by atoms with van der Waals surface area (Å²) in [6, 6.07) is 12.0. The van der Waals surface area contributed by atoms with Gasteiger partial charge in [-0.2, -0.15) is 5.26 Å². The summed E-state index contributed by atoms with van der Waals surface area (Å²) >= 11 is 3.41. The van der Waals surface area contributed by atoms with Gasteiger partial charge in [0.25, 0.3) is 0 Å². The highest BCUT2D eigenvalue weighted by molar-refractivity contribution is 9.10. The fourth-order valence-electron chi connectivity index (χ4n) is 2.12. The predicted octanol–water partition coefficient (Wildman–Crippen LogP) is 4.59. The van der Waals surface area contributed by atoms with E-state index in [-0.39, 0.29) is 12.4 Å². The number of pyridine rings is 1.